The van der Waals surface area contributed by atoms with Crippen LogP contribution in [0, 0.1) is 0 Å². The molecule has 12 heavy (non-hydrogen) atoms. The first-order valence-corrected chi connectivity index (χ1v) is 3.77. The summed E-state index contributed by atoms with van der Waals surface area (Å²) in [4.78, 5) is 0. The Morgan fingerprint density at radius 1 is 1.25 bits per heavy atom. The van der Waals surface area contributed by atoms with Crippen LogP contribution in [-0.2, 0) is 0 Å². The second-order valence-corrected chi connectivity index (χ2v) is 3.36. The highest BCUT2D eigenvalue weighted by Gasteiger charge is 2.27. The molecule has 5 heteroatoms. The molecule has 0 aromatic rings. The van der Waals surface area contributed by atoms with Gasteiger partial charge in [-0.1, -0.05) is 0 Å². The summed E-state index contributed by atoms with van der Waals surface area (Å²) in [6.45, 7) is 6.49. The Labute approximate surface area is 86.1 Å². The lowest BCUT2D eigenvalue weighted by atomic mass is 9.98. The zero-order valence-electron chi connectivity index (χ0n) is 7.46. The average Bonchev–Trinajstić information content (AvgIpc) is 1.88. The van der Waals surface area contributed by atoms with Gasteiger partial charge in [0, 0.05) is 25.7 Å². The van der Waals surface area contributed by atoms with Crippen LogP contribution in [0.5, 0.6) is 0 Å². The van der Waals surface area contributed by atoms with Crippen molar-refractivity contribution >= 4 is 24.8 Å². The Morgan fingerprint density at radius 2 is 1.83 bits per heavy atom. The van der Waals surface area contributed by atoms with Crippen molar-refractivity contribution < 1.29 is 5.11 Å². The van der Waals surface area contributed by atoms with Crippen LogP contribution in [0.2, 0.25) is 0 Å². The van der Waals surface area contributed by atoms with E-state index in [0.29, 0.717) is 0 Å². The molecule has 1 aliphatic heterocycles. The molecule has 1 heterocycles. The molecule has 0 amide bonds. The van der Waals surface area contributed by atoms with Gasteiger partial charge < -0.3 is 15.7 Å². The van der Waals surface area contributed by atoms with E-state index in [4.69, 9.17) is 0 Å². The zero-order valence-corrected chi connectivity index (χ0v) is 9.10. The van der Waals surface area contributed by atoms with E-state index < -0.39 is 5.60 Å². The van der Waals surface area contributed by atoms with Crippen molar-refractivity contribution in [2.75, 3.05) is 19.6 Å². The molecule has 0 aliphatic carbocycles. The van der Waals surface area contributed by atoms with E-state index in [-0.39, 0.29) is 30.9 Å². The molecule has 1 unspecified atom stereocenters. The highest BCUT2D eigenvalue weighted by molar-refractivity contribution is 5.85. The van der Waals surface area contributed by atoms with Gasteiger partial charge in [0.15, 0.2) is 0 Å². The molecular formula is C7H18Cl2N2O. The predicted molar refractivity (Wildman–Crippen MR) is 55.5 cm³/mol. The summed E-state index contributed by atoms with van der Waals surface area (Å²) in [6, 6.07) is 0.196. The summed E-state index contributed by atoms with van der Waals surface area (Å²) in [7, 11) is 0. The van der Waals surface area contributed by atoms with E-state index in [1.165, 1.54) is 0 Å². The molecule has 3 N–H and O–H groups in total. The summed E-state index contributed by atoms with van der Waals surface area (Å²) >= 11 is 0. The standard InChI is InChI=1S/C7H16N2O.2ClH/c1-7(2,10)6-5-8-3-4-9-6;;/h6,8-10H,3-5H2,1-2H3;2*1H. The van der Waals surface area contributed by atoms with Crippen LogP contribution >= 0.6 is 24.8 Å². The lowest BCUT2D eigenvalue weighted by Crippen LogP contribution is -2.57. The molecule has 1 fully saturated rings. The van der Waals surface area contributed by atoms with Crippen molar-refractivity contribution in [1.82, 2.24) is 10.6 Å². The maximum atomic E-state index is 9.54. The first-order valence-electron chi connectivity index (χ1n) is 3.77. The van der Waals surface area contributed by atoms with Crippen molar-refractivity contribution in [3.8, 4) is 0 Å². The van der Waals surface area contributed by atoms with E-state index in [1.807, 2.05) is 13.8 Å². The van der Waals surface area contributed by atoms with Crippen molar-refractivity contribution in [3.63, 3.8) is 0 Å². The molecule has 3 nitrogen and oxygen atoms in total. The first-order chi connectivity index (χ1) is 4.61. The number of aliphatic hydroxyl groups is 1. The van der Waals surface area contributed by atoms with Crippen molar-refractivity contribution in [3.05, 3.63) is 0 Å². The van der Waals surface area contributed by atoms with Crippen molar-refractivity contribution in [1.29, 1.82) is 0 Å². The van der Waals surface area contributed by atoms with Crippen LogP contribution in [0.15, 0.2) is 0 Å². The van der Waals surface area contributed by atoms with Gasteiger partial charge in [-0.2, -0.15) is 0 Å². The summed E-state index contributed by atoms with van der Waals surface area (Å²) in [6.07, 6.45) is 0. The number of nitrogens with one attached hydrogen (secondary N) is 2. The fraction of sp³-hybridized carbons (Fsp3) is 1.00. The number of halogens is 2. The molecule has 76 valence electrons. The highest BCUT2D eigenvalue weighted by atomic mass is 35.5. The second kappa shape index (κ2) is 6.00. The Balaban J connectivity index is 0. The van der Waals surface area contributed by atoms with Gasteiger partial charge in [0.1, 0.15) is 0 Å². The van der Waals surface area contributed by atoms with E-state index in [2.05, 4.69) is 10.6 Å². The van der Waals surface area contributed by atoms with Gasteiger partial charge in [-0.25, -0.2) is 0 Å². The first kappa shape index (κ1) is 15.0. The van der Waals surface area contributed by atoms with Gasteiger partial charge in [-0.05, 0) is 13.8 Å². The van der Waals surface area contributed by atoms with Gasteiger partial charge >= 0.3 is 0 Å². The normalized spacial score (nSPS) is 23.8. The monoisotopic (exact) mass is 216 g/mol. The molecule has 0 saturated carbocycles. The Bertz CT molecular complexity index is 110. The molecule has 0 bridgehead atoms. The fourth-order valence-corrected chi connectivity index (χ4v) is 1.15. The quantitative estimate of drug-likeness (QED) is 0.586. The second-order valence-electron chi connectivity index (χ2n) is 3.36. The van der Waals surface area contributed by atoms with E-state index in [9.17, 15) is 5.11 Å². The lowest BCUT2D eigenvalue weighted by molar-refractivity contribution is 0.0328. The summed E-state index contributed by atoms with van der Waals surface area (Å²) in [5.41, 5.74) is -0.604. The van der Waals surface area contributed by atoms with Gasteiger partial charge in [0.2, 0.25) is 0 Å². The molecule has 0 radical (unpaired) electrons. The number of piperazine rings is 1. The Hall–Kier alpha value is 0.460. The van der Waals surface area contributed by atoms with Gasteiger partial charge in [-0.3, -0.25) is 0 Å². The minimum Gasteiger partial charge on any atom is -0.389 e. The summed E-state index contributed by atoms with van der Waals surface area (Å²) in [5, 5.41) is 16.0. The molecule has 1 aliphatic rings. The number of hydrogen-bond acceptors (Lipinski definition) is 3. The number of hydrogen-bond donors (Lipinski definition) is 3. The summed E-state index contributed by atoms with van der Waals surface area (Å²) < 4.78 is 0. The maximum absolute atomic E-state index is 9.54. The third-order valence-corrected chi connectivity index (χ3v) is 1.89. The SMILES string of the molecule is CC(C)(O)C1CNCCN1.Cl.Cl. The molecule has 0 aromatic heterocycles. The fourth-order valence-electron chi connectivity index (χ4n) is 1.15. The van der Waals surface area contributed by atoms with Crippen LogP contribution in [0.3, 0.4) is 0 Å². The van der Waals surface area contributed by atoms with Crippen molar-refractivity contribution in [2.24, 2.45) is 0 Å². The Kier molecular flexibility index (Phi) is 7.47. The largest absolute Gasteiger partial charge is 0.389 e. The summed E-state index contributed by atoms with van der Waals surface area (Å²) in [5.74, 6) is 0. The Morgan fingerprint density at radius 3 is 2.08 bits per heavy atom. The molecule has 1 atom stereocenters. The van der Waals surface area contributed by atoms with Gasteiger partial charge in [-0.15, -0.1) is 24.8 Å². The van der Waals surface area contributed by atoms with Crippen LogP contribution in [0.4, 0.5) is 0 Å². The number of rotatable bonds is 1. The predicted octanol–water partition coefficient (Wildman–Crippen LogP) is 0.162. The minimum atomic E-state index is -0.604. The molecular weight excluding hydrogens is 199 g/mol. The molecule has 1 saturated heterocycles. The van der Waals surface area contributed by atoms with Crippen molar-refractivity contribution in [2.45, 2.75) is 25.5 Å². The van der Waals surface area contributed by atoms with Crippen LogP contribution in [-0.4, -0.2) is 36.4 Å². The third-order valence-electron chi connectivity index (χ3n) is 1.89. The van der Waals surface area contributed by atoms with Gasteiger partial charge in [0.25, 0.3) is 0 Å². The van der Waals surface area contributed by atoms with Crippen LogP contribution < -0.4 is 10.6 Å². The average molecular weight is 217 g/mol. The van der Waals surface area contributed by atoms with E-state index in [0.717, 1.165) is 19.6 Å². The third kappa shape index (κ3) is 4.48. The topological polar surface area (TPSA) is 44.3 Å². The van der Waals surface area contributed by atoms with Crippen LogP contribution in [0.1, 0.15) is 13.8 Å². The van der Waals surface area contributed by atoms with E-state index in [1.54, 1.807) is 0 Å². The molecule has 1 rings (SSSR count). The smallest absolute Gasteiger partial charge is 0.0756 e. The van der Waals surface area contributed by atoms with Gasteiger partial charge in [0.05, 0.1) is 5.60 Å². The van der Waals surface area contributed by atoms with E-state index >= 15 is 0 Å². The zero-order chi connectivity index (χ0) is 7.61. The maximum Gasteiger partial charge on any atom is 0.0756 e. The minimum absolute atomic E-state index is 0. The van der Waals surface area contributed by atoms with Crippen LogP contribution in [0.25, 0.3) is 0 Å². The highest BCUT2D eigenvalue weighted by Crippen LogP contribution is 2.08. The molecule has 0 spiro atoms. The molecule has 0 aromatic carbocycles. The lowest BCUT2D eigenvalue weighted by Gasteiger charge is -2.33.